The average molecular weight is 266 g/mol. The van der Waals surface area contributed by atoms with Crippen LogP contribution in [0.4, 0.5) is 5.69 Å². The summed E-state index contributed by atoms with van der Waals surface area (Å²) in [6.07, 6.45) is 0.716. The van der Waals surface area contributed by atoms with E-state index in [1.54, 1.807) is 13.0 Å². The SMILES string of the molecule is CCOCCCNC(=O)c1cccc([N+](=O)[O-])c1C. The van der Waals surface area contributed by atoms with Crippen molar-refractivity contribution < 1.29 is 14.5 Å². The minimum absolute atomic E-state index is 0.0398. The van der Waals surface area contributed by atoms with Gasteiger partial charge in [-0.2, -0.15) is 0 Å². The number of benzene rings is 1. The van der Waals surface area contributed by atoms with Crippen LogP contribution in [-0.4, -0.2) is 30.6 Å². The lowest BCUT2D eigenvalue weighted by Crippen LogP contribution is -2.26. The summed E-state index contributed by atoms with van der Waals surface area (Å²) in [7, 11) is 0. The summed E-state index contributed by atoms with van der Waals surface area (Å²) in [4.78, 5) is 22.2. The van der Waals surface area contributed by atoms with Gasteiger partial charge < -0.3 is 10.1 Å². The van der Waals surface area contributed by atoms with Gasteiger partial charge in [-0.1, -0.05) is 6.07 Å². The average Bonchev–Trinajstić information content (AvgIpc) is 2.38. The van der Waals surface area contributed by atoms with Crippen molar-refractivity contribution in [2.75, 3.05) is 19.8 Å². The largest absolute Gasteiger partial charge is 0.382 e. The van der Waals surface area contributed by atoms with E-state index in [4.69, 9.17) is 4.74 Å². The highest BCUT2D eigenvalue weighted by Crippen LogP contribution is 2.20. The van der Waals surface area contributed by atoms with Crippen LogP contribution in [0.3, 0.4) is 0 Å². The molecule has 1 amide bonds. The first kappa shape index (κ1) is 15.1. The molecule has 1 aromatic carbocycles. The zero-order valence-corrected chi connectivity index (χ0v) is 11.1. The molecule has 6 heteroatoms. The minimum atomic E-state index is -0.485. The van der Waals surface area contributed by atoms with Gasteiger partial charge in [-0.15, -0.1) is 0 Å². The predicted molar refractivity (Wildman–Crippen MR) is 71.3 cm³/mol. The monoisotopic (exact) mass is 266 g/mol. The van der Waals surface area contributed by atoms with Crippen LogP contribution in [0, 0.1) is 17.0 Å². The van der Waals surface area contributed by atoms with E-state index in [1.165, 1.54) is 12.1 Å². The first-order valence-electron chi connectivity index (χ1n) is 6.17. The van der Waals surface area contributed by atoms with Crippen LogP contribution in [-0.2, 0) is 4.74 Å². The molecule has 0 radical (unpaired) electrons. The topological polar surface area (TPSA) is 81.5 Å². The molecule has 104 valence electrons. The second-order valence-electron chi connectivity index (χ2n) is 4.01. The number of nitro groups is 1. The lowest BCUT2D eigenvalue weighted by atomic mass is 10.1. The van der Waals surface area contributed by atoms with Gasteiger partial charge in [-0.25, -0.2) is 0 Å². The van der Waals surface area contributed by atoms with Gasteiger partial charge in [-0.3, -0.25) is 14.9 Å². The molecule has 0 saturated heterocycles. The van der Waals surface area contributed by atoms with Gasteiger partial charge in [0.15, 0.2) is 0 Å². The number of ether oxygens (including phenoxy) is 1. The van der Waals surface area contributed by atoms with E-state index in [1.807, 2.05) is 6.92 Å². The van der Waals surface area contributed by atoms with Crippen molar-refractivity contribution in [2.24, 2.45) is 0 Å². The molecule has 1 aromatic rings. The van der Waals surface area contributed by atoms with Crippen molar-refractivity contribution in [3.63, 3.8) is 0 Å². The van der Waals surface area contributed by atoms with Crippen LogP contribution in [0.5, 0.6) is 0 Å². The molecule has 0 aliphatic heterocycles. The highest BCUT2D eigenvalue weighted by atomic mass is 16.6. The van der Waals surface area contributed by atoms with Gasteiger partial charge in [0.2, 0.25) is 0 Å². The molecule has 0 aliphatic rings. The zero-order valence-electron chi connectivity index (χ0n) is 11.1. The lowest BCUT2D eigenvalue weighted by molar-refractivity contribution is -0.385. The second kappa shape index (κ2) is 7.48. The molecule has 6 nitrogen and oxygen atoms in total. The maximum absolute atomic E-state index is 11.9. The third-order valence-corrected chi connectivity index (χ3v) is 2.70. The molecular formula is C13H18N2O4. The fourth-order valence-corrected chi connectivity index (χ4v) is 1.68. The third-order valence-electron chi connectivity index (χ3n) is 2.70. The smallest absolute Gasteiger partial charge is 0.273 e. The molecule has 0 fully saturated rings. The number of amides is 1. The van der Waals surface area contributed by atoms with Gasteiger partial charge in [0.25, 0.3) is 11.6 Å². The highest BCUT2D eigenvalue weighted by molar-refractivity contribution is 5.96. The Balaban J connectivity index is 2.62. The quantitative estimate of drug-likeness (QED) is 0.465. The Bertz CT molecular complexity index is 460. The number of hydrogen-bond acceptors (Lipinski definition) is 4. The molecule has 0 bridgehead atoms. The molecule has 0 spiro atoms. The fraction of sp³-hybridized carbons (Fsp3) is 0.462. The first-order valence-corrected chi connectivity index (χ1v) is 6.17. The number of carbonyl (C=O) groups is 1. The summed E-state index contributed by atoms with van der Waals surface area (Å²) in [6.45, 7) is 5.21. The summed E-state index contributed by atoms with van der Waals surface area (Å²) in [5, 5.41) is 13.5. The molecule has 0 atom stereocenters. The molecule has 0 heterocycles. The third kappa shape index (κ3) is 4.33. The second-order valence-corrected chi connectivity index (χ2v) is 4.01. The summed E-state index contributed by atoms with van der Waals surface area (Å²) >= 11 is 0. The van der Waals surface area contributed by atoms with E-state index in [-0.39, 0.29) is 11.6 Å². The standard InChI is InChI=1S/C13H18N2O4/c1-3-19-9-5-8-14-13(16)11-6-4-7-12(10(11)2)15(17)18/h4,6-7H,3,5,8-9H2,1-2H3,(H,14,16). The number of hydrogen-bond donors (Lipinski definition) is 1. The van der Waals surface area contributed by atoms with Crippen LogP contribution in [0.15, 0.2) is 18.2 Å². The van der Waals surface area contributed by atoms with E-state index in [0.29, 0.717) is 37.3 Å². The summed E-state index contributed by atoms with van der Waals surface area (Å²) in [5.74, 6) is -0.294. The van der Waals surface area contributed by atoms with Crippen LogP contribution in [0.1, 0.15) is 29.3 Å². The first-order chi connectivity index (χ1) is 9.07. The fourth-order valence-electron chi connectivity index (χ4n) is 1.68. The van der Waals surface area contributed by atoms with E-state index in [2.05, 4.69) is 5.32 Å². The molecule has 19 heavy (non-hydrogen) atoms. The molecule has 0 unspecified atom stereocenters. The van der Waals surface area contributed by atoms with Crippen molar-refractivity contribution in [2.45, 2.75) is 20.3 Å². The Labute approximate surface area is 111 Å². The lowest BCUT2D eigenvalue weighted by Gasteiger charge is -2.08. The Hall–Kier alpha value is -1.95. The number of nitro benzene ring substituents is 1. The number of rotatable bonds is 7. The molecule has 0 saturated carbocycles. The Morgan fingerprint density at radius 2 is 2.21 bits per heavy atom. The van der Waals surface area contributed by atoms with Crippen molar-refractivity contribution >= 4 is 11.6 Å². The maximum atomic E-state index is 11.9. The summed E-state index contributed by atoms with van der Waals surface area (Å²) in [5.41, 5.74) is 0.683. The van der Waals surface area contributed by atoms with Crippen LogP contribution in [0.25, 0.3) is 0 Å². The van der Waals surface area contributed by atoms with Gasteiger partial charge in [-0.05, 0) is 26.3 Å². The van der Waals surface area contributed by atoms with E-state index in [9.17, 15) is 14.9 Å². The van der Waals surface area contributed by atoms with Crippen molar-refractivity contribution in [1.29, 1.82) is 0 Å². The number of nitrogens with zero attached hydrogens (tertiary/aromatic N) is 1. The number of carbonyl (C=O) groups excluding carboxylic acids is 1. The van der Waals surface area contributed by atoms with Gasteiger partial charge in [0, 0.05) is 37.0 Å². The summed E-state index contributed by atoms with van der Waals surface area (Å²) in [6, 6.07) is 4.49. The Morgan fingerprint density at radius 1 is 1.47 bits per heavy atom. The molecular weight excluding hydrogens is 248 g/mol. The van der Waals surface area contributed by atoms with Gasteiger partial charge >= 0.3 is 0 Å². The van der Waals surface area contributed by atoms with E-state index in [0.717, 1.165) is 0 Å². The van der Waals surface area contributed by atoms with Gasteiger partial charge in [0.1, 0.15) is 0 Å². The molecule has 0 aliphatic carbocycles. The Morgan fingerprint density at radius 3 is 2.84 bits per heavy atom. The zero-order chi connectivity index (χ0) is 14.3. The number of nitrogens with one attached hydrogen (secondary N) is 1. The molecule has 1 rings (SSSR count). The van der Waals surface area contributed by atoms with E-state index < -0.39 is 4.92 Å². The minimum Gasteiger partial charge on any atom is -0.382 e. The molecule has 0 aromatic heterocycles. The van der Waals surface area contributed by atoms with Crippen molar-refractivity contribution in [3.05, 3.63) is 39.4 Å². The predicted octanol–water partition coefficient (Wildman–Crippen LogP) is 2.06. The normalized spacial score (nSPS) is 10.2. The van der Waals surface area contributed by atoms with Crippen LogP contribution >= 0.6 is 0 Å². The van der Waals surface area contributed by atoms with E-state index >= 15 is 0 Å². The van der Waals surface area contributed by atoms with Crippen molar-refractivity contribution in [1.82, 2.24) is 5.32 Å². The van der Waals surface area contributed by atoms with Crippen LogP contribution < -0.4 is 5.32 Å². The Kier molecular flexibility index (Phi) is 5.95. The van der Waals surface area contributed by atoms with Crippen molar-refractivity contribution in [3.8, 4) is 0 Å². The van der Waals surface area contributed by atoms with Crippen LogP contribution in [0.2, 0.25) is 0 Å². The summed E-state index contributed by atoms with van der Waals surface area (Å²) < 4.78 is 5.15. The maximum Gasteiger partial charge on any atom is 0.273 e. The molecule has 1 N–H and O–H groups in total. The highest BCUT2D eigenvalue weighted by Gasteiger charge is 2.17. The van der Waals surface area contributed by atoms with Gasteiger partial charge in [0.05, 0.1) is 4.92 Å².